The normalized spacial score (nSPS) is 10.9. The molecule has 1 aromatic carbocycles. The SMILES string of the molecule is Nc1c(Cl)nc2cc(Cl)c(Cl)cc2c1Cl. The lowest BCUT2D eigenvalue weighted by atomic mass is 10.2. The number of hydrogen-bond acceptors (Lipinski definition) is 2. The Hall–Kier alpha value is -0.410. The highest BCUT2D eigenvalue weighted by molar-refractivity contribution is 6.45. The highest BCUT2D eigenvalue weighted by atomic mass is 35.5. The van der Waals surface area contributed by atoms with Gasteiger partial charge >= 0.3 is 0 Å². The zero-order valence-electron chi connectivity index (χ0n) is 7.19. The predicted molar refractivity (Wildman–Crippen MR) is 66.2 cm³/mol. The molecule has 6 heteroatoms. The summed E-state index contributed by atoms with van der Waals surface area (Å²) >= 11 is 23.5. The first kappa shape index (κ1) is 11.1. The summed E-state index contributed by atoms with van der Waals surface area (Å²) in [6.07, 6.45) is 0. The van der Waals surface area contributed by atoms with Crippen molar-refractivity contribution in [2.24, 2.45) is 0 Å². The van der Waals surface area contributed by atoms with Gasteiger partial charge in [0.15, 0.2) is 5.15 Å². The Kier molecular flexibility index (Phi) is 2.86. The van der Waals surface area contributed by atoms with Gasteiger partial charge in [-0.2, -0.15) is 0 Å². The van der Waals surface area contributed by atoms with E-state index in [4.69, 9.17) is 52.1 Å². The van der Waals surface area contributed by atoms with Crippen molar-refractivity contribution in [2.75, 3.05) is 5.73 Å². The average Bonchev–Trinajstić information content (AvgIpc) is 2.19. The average molecular weight is 282 g/mol. The first-order chi connectivity index (χ1) is 7.00. The Bertz CT molecular complexity index is 548. The van der Waals surface area contributed by atoms with Crippen LogP contribution in [0.2, 0.25) is 20.2 Å². The van der Waals surface area contributed by atoms with E-state index in [0.29, 0.717) is 26.0 Å². The molecule has 2 nitrogen and oxygen atoms in total. The van der Waals surface area contributed by atoms with Gasteiger partial charge in [0.1, 0.15) is 0 Å². The molecule has 0 bridgehead atoms. The van der Waals surface area contributed by atoms with Gasteiger partial charge in [-0.15, -0.1) is 0 Å². The van der Waals surface area contributed by atoms with Crippen molar-refractivity contribution in [1.29, 1.82) is 0 Å². The highest BCUT2D eigenvalue weighted by Crippen LogP contribution is 2.36. The lowest BCUT2D eigenvalue weighted by Gasteiger charge is -2.06. The molecule has 1 aromatic heterocycles. The minimum absolute atomic E-state index is 0.158. The van der Waals surface area contributed by atoms with Crippen molar-refractivity contribution in [3.63, 3.8) is 0 Å². The van der Waals surface area contributed by atoms with Gasteiger partial charge in [-0.3, -0.25) is 0 Å². The van der Waals surface area contributed by atoms with Gasteiger partial charge in [0.2, 0.25) is 0 Å². The first-order valence-corrected chi connectivity index (χ1v) is 5.41. The summed E-state index contributed by atoms with van der Waals surface area (Å²) in [5, 5.41) is 1.92. The van der Waals surface area contributed by atoms with Crippen molar-refractivity contribution in [1.82, 2.24) is 4.98 Å². The van der Waals surface area contributed by atoms with Crippen LogP contribution in [0.4, 0.5) is 5.69 Å². The van der Waals surface area contributed by atoms with Gasteiger partial charge in [-0.1, -0.05) is 46.4 Å². The maximum absolute atomic E-state index is 6.00. The van der Waals surface area contributed by atoms with Crippen molar-refractivity contribution in [3.05, 3.63) is 32.4 Å². The Morgan fingerprint density at radius 2 is 1.60 bits per heavy atom. The monoisotopic (exact) mass is 280 g/mol. The zero-order valence-corrected chi connectivity index (χ0v) is 10.2. The lowest BCUT2D eigenvalue weighted by molar-refractivity contribution is 1.41. The topological polar surface area (TPSA) is 38.9 Å². The van der Waals surface area contributed by atoms with Crippen LogP contribution in [0.5, 0.6) is 0 Å². The Labute approximate surface area is 106 Å². The number of halogens is 4. The molecule has 0 aliphatic heterocycles. The van der Waals surface area contributed by atoms with E-state index < -0.39 is 0 Å². The molecular formula is C9H4Cl4N2. The van der Waals surface area contributed by atoms with E-state index in [2.05, 4.69) is 4.98 Å². The summed E-state index contributed by atoms with van der Waals surface area (Å²) in [5.41, 5.74) is 6.44. The van der Waals surface area contributed by atoms with Gasteiger partial charge in [-0.05, 0) is 12.1 Å². The number of hydrogen-bond donors (Lipinski definition) is 1. The molecule has 0 spiro atoms. The number of anilines is 1. The van der Waals surface area contributed by atoms with Gasteiger partial charge in [0.25, 0.3) is 0 Å². The van der Waals surface area contributed by atoms with E-state index in [1.807, 2.05) is 0 Å². The largest absolute Gasteiger partial charge is 0.395 e. The van der Waals surface area contributed by atoms with Crippen LogP contribution < -0.4 is 5.73 Å². The van der Waals surface area contributed by atoms with Crippen LogP contribution in [-0.4, -0.2) is 4.98 Å². The van der Waals surface area contributed by atoms with Gasteiger partial charge < -0.3 is 5.73 Å². The van der Waals surface area contributed by atoms with Crippen LogP contribution >= 0.6 is 46.4 Å². The van der Waals surface area contributed by atoms with E-state index in [1.54, 1.807) is 12.1 Å². The Balaban J connectivity index is 2.93. The second-order valence-corrected chi connectivity index (χ2v) is 4.46. The molecule has 15 heavy (non-hydrogen) atoms. The third-order valence-electron chi connectivity index (χ3n) is 1.95. The number of rotatable bonds is 0. The molecule has 2 aromatic rings. The fourth-order valence-electron chi connectivity index (χ4n) is 1.21. The van der Waals surface area contributed by atoms with E-state index in [1.165, 1.54) is 0 Å². The number of nitrogens with two attached hydrogens (primary N) is 1. The second kappa shape index (κ2) is 3.87. The number of nitrogens with zero attached hydrogens (tertiary/aromatic N) is 1. The van der Waals surface area contributed by atoms with Gasteiger partial charge in [0.05, 0.1) is 26.3 Å². The van der Waals surface area contributed by atoms with E-state index in [9.17, 15) is 0 Å². The molecule has 0 saturated heterocycles. The lowest BCUT2D eigenvalue weighted by Crippen LogP contribution is -1.92. The van der Waals surface area contributed by atoms with Crippen LogP contribution in [0.3, 0.4) is 0 Å². The molecular weight excluding hydrogens is 278 g/mol. The van der Waals surface area contributed by atoms with Crippen LogP contribution in [-0.2, 0) is 0 Å². The minimum atomic E-state index is 0.158. The number of fused-ring (bicyclic) bond motifs is 1. The smallest absolute Gasteiger partial charge is 0.154 e. The zero-order chi connectivity index (χ0) is 11.2. The van der Waals surface area contributed by atoms with Gasteiger partial charge in [-0.25, -0.2) is 4.98 Å². The summed E-state index contributed by atoms with van der Waals surface area (Å²) < 4.78 is 0. The standard InChI is InChI=1S/C9H4Cl4N2/c10-4-1-3-6(2-5(4)11)15-9(13)8(14)7(3)12/h1-2H,14H2. The number of aromatic nitrogens is 1. The molecule has 2 rings (SSSR count). The van der Waals surface area contributed by atoms with Crippen molar-refractivity contribution < 1.29 is 0 Å². The van der Waals surface area contributed by atoms with Crippen LogP contribution in [0.25, 0.3) is 10.9 Å². The number of benzene rings is 1. The number of nitrogen functional groups attached to an aromatic ring is 1. The van der Waals surface area contributed by atoms with E-state index >= 15 is 0 Å². The minimum Gasteiger partial charge on any atom is -0.395 e. The summed E-state index contributed by atoms with van der Waals surface area (Å²) in [7, 11) is 0. The fraction of sp³-hybridized carbons (Fsp3) is 0. The predicted octanol–water partition coefficient (Wildman–Crippen LogP) is 4.43. The third-order valence-corrected chi connectivity index (χ3v) is 3.37. The molecule has 0 amide bonds. The highest BCUT2D eigenvalue weighted by Gasteiger charge is 2.11. The molecule has 0 aliphatic carbocycles. The molecule has 0 saturated carbocycles. The molecule has 1 heterocycles. The molecule has 0 atom stereocenters. The summed E-state index contributed by atoms with van der Waals surface area (Å²) in [6, 6.07) is 3.21. The quantitative estimate of drug-likeness (QED) is 0.726. The first-order valence-electron chi connectivity index (χ1n) is 3.90. The fourth-order valence-corrected chi connectivity index (χ4v) is 2.00. The third kappa shape index (κ3) is 1.83. The molecule has 0 unspecified atom stereocenters. The van der Waals surface area contributed by atoms with Crippen molar-refractivity contribution in [2.45, 2.75) is 0 Å². The molecule has 2 N–H and O–H groups in total. The summed E-state index contributed by atoms with van der Waals surface area (Å²) in [4.78, 5) is 4.05. The van der Waals surface area contributed by atoms with Crippen LogP contribution in [0.1, 0.15) is 0 Å². The Morgan fingerprint density at radius 1 is 1.00 bits per heavy atom. The van der Waals surface area contributed by atoms with Crippen molar-refractivity contribution in [3.8, 4) is 0 Å². The maximum atomic E-state index is 6.00. The maximum Gasteiger partial charge on any atom is 0.154 e. The van der Waals surface area contributed by atoms with Crippen LogP contribution in [0, 0.1) is 0 Å². The van der Waals surface area contributed by atoms with Gasteiger partial charge in [0, 0.05) is 5.39 Å². The molecule has 78 valence electrons. The Morgan fingerprint density at radius 3 is 2.27 bits per heavy atom. The number of pyridine rings is 1. The van der Waals surface area contributed by atoms with Crippen LogP contribution in [0.15, 0.2) is 12.1 Å². The molecule has 0 aliphatic rings. The molecule has 0 radical (unpaired) electrons. The van der Waals surface area contributed by atoms with E-state index in [0.717, 1.165) is 0 Å². The van der Waals surface area contributed by atoms with Crippen molar-refractivity contribution >= 4 is 63.0 Å². The van der Waals surface area contributed by atoms with E-state index in [-0.39, 0.29) is 10.8 Å². The second-order valence-electron chi connectivity index (χ2n) is 2.91. The summed E-state index contributed by atoms with van der Waals surface area (Å²) in [5.74, 6) is 0. The molecule has 0 fully saturated rings. The summed E-state index contributed by atoms with van der Waals surface area (Å²) in [6.45, 7) is 0.